The van der Waals surface area contributed by atoms with E-state index in [0.29, 0.717) is 0 Å². The van der Waals surface area contributed by atoms with E-state index in [2.05, 4.69) is 26.1 Å². The molecule has 0 aromatic carbocycles. The first kappa shape index (κ1) is 10.0. The molecule has 0 radical (unpaired) electrons. The van der Waals surface area contributed by atoms with E-state index < -0.39 is 0 Å². The molecular formula is C11H23N. The highest BCUT2D eigenvalue weighted by molar-refractivity contribution is 4.78. The van der Waals surface area contributed by atoms with Crippen LogP contribution in [0.3, 0.4) is 0 Å². The van der Waals surface area contributed by atoms with Crippen LogP contribution >= 0.6 is 0 Å². The van der Waals surface area contributed by atoms with Gasteiger partial charge < -0.3 is 5.32 Å². The minimum absolute atomic E-state index is 0.857. The van der Waals surface area contributed by atoms with E-state index in [9.17, 15) is 0 Å². The van der Waals surface area contributed by atoms with Crippen molar-refractivity contribution in [3.8, 4) is 0 Å². The molecule has 0 saturated heterocycles. The molecule has 2 unspecified atom stereocenters. The lowest BCUT2D eigenvalue weighted by Gasteiger charge is -2.35. The molecule has 0 heterocycles. The Morgan fingerprint density at radius 1 is 1.33 bits per heavy atom. The summed E-state index contributed by atoms with van der Waals surface area (Å²) in [7, 11) is 0. The van der Waals surface area contributed by atoms with Gasteiger partial charge in [-0.05, 0) is 30.8 Å². The van der Waals surface area contributed by atoms with E-state index >= 15 is 0 Å². The molecule has 1 nitrogen and oxygen atoms in total. The Balaban J connectivity index is 2.15. The Kier molecular flexibility index (Phi) is 4.07. The molecule has 12 heavy (non-hydrogen) atoms. The van der Waals surface area contributed by atoms with Crippen LogP contribution < -0.4 is 5.32 Å². The van der Waals surface area contributed by atoms with Crippen LogP contribution in [0, 0.1) is 17.8 Å². The van der Waals surface area contributed by atoms with E-state index in [1.165, 1.54) is 25.8 Å². The molecule has 1 heteroatoms. The molecule has 2 atom stereocenters. The summed E-state index contributed by atoms with van der Waals surface area (Å²) in [5.74, 6) is 2.83. The molecule has 0 aromatic heterocycles. The summed E-state index contributed by atoms with van der Waals surface area (Å²) < 4.78 is 0. The Morgan fingerprint density at radius 3 is 2.42 bits per heavy atom. The SMILES string of the molecule is CCNCC(C)C(C)C1CCC1. The van der Waals surface area contributed by atoms with Gasteiger partial charge in [0.15, 0.2) is 0 Å². The molecule has 0 spiro atoms. The second-order valence-corrected chi connectivity index (χ2v) is 4.34. The third-order valence-corrected chi connectivity index (χ3v) is 3.51. The van der Waals surface area contributed by atoms with Crippen LogP contribution in [0.2, 0.25) is 0 Å². The zero-order chi connectivity index (χ0) is 8.97. The van der Waals surface area contributed by atoms with Crippen molar-refractivity contribution in [2.45, 2.75) is 40.0 Å². The van der Waals surface area contributed by atoms with Crippen molar-refractivity contribution in [2.24, 2.45) is 17.8 Å². The Hall–Kier alpha value is -0.0400. The maximum absolute atomic E-state index is 3.43. The van der Waals surface area contributed by atoms with Crippen LogP contribution in [0.25, 0.3) is 0 Å². The molecule has 1 N–H and O–H groups in total. The van der Waals surface area contributed by atoms with Crippen molar-refractivity contribution in [3.63, 3.8) is 0 Å². The Morgan fingerprint density at radius 2 is 2.00 bits per heavy atom. The van der Waals surface area contributed by atoms with Crippen LogP contribution in [0.1, 0.15) is 40.0 Å². The van der Waals surface area contributed by atoms with E-state index in [1.807, 2.05) is 0 Å². The molecule has 1 aliphatic carbocycles. The van der Waals surface area contributed by atoms with Crippen molar-refractivity contribution < 1.29 is 0 Å². The summed E-state index contributed by atoms with van der Waals surface area (Å²) in [5.41, 5.74) is 0. The van der Waals surface area contributed by atoms with Gasteiger partial charge in [-0.2, -0.15) is 0 Å². The van der Waals surface area contributed by atoms with Crippen LogP contribution in [-0.4, -0.2) is 13.1 Å². The van der Waals surface area contributed by atoms with Crippen LogP contribution in [0.4, 0.5) is 0 Å². The molecule has 0 aliphatic heterocycles. The zero-order valence-electron chi connectivity index (χ0n) is 8.77. The fourth-order valence-corrected chi connectivity index (χ4v) is 1.99. The predicted octanol–water partition coefficient (Wildman–Crippen LogP) is 2.67. The fourth-order valence-electron chi connectivity index (χ4n) is 1.99. The fraction of sp³-hybridized carbons (Fsp3) is 1.00. The summed E-state index contributed by atoms with van der Waals surface area (Å²) in [5, 5.41) is 3.43. The van der Waals surface area contributed by atoms with Crippen LogP contribution in [0.15, 0.2) is 0 Å². The summed E-state index contributed by atoms with van der Waals surface area (Å²) in [6.07, 6.45) is 4.44. The van der Waals surface area contributed by atoms with E-state index in [4.69, 9.17) is 0 Å². The smallest absolute Gasteiger partial charge is 0.00206 e. The normalized spacial score (nSPS) is 23.2. The topological polar surface area (TPSA) is 12.0 Å². The quantitative estimate of drug-likeness (QED) is 0.667. The molecule has 0 aromatic rings. The average Bonchev–Trinajstić information content (AvgIpc) is 1.96. The van der Waals surface area contributed by atoms with Crippen molar-refractivity contribution >= 4 is 0 Å². The van der Waals surface area contributed by atoms with Gasteiger partial charge >= 0.3 is 0 Å². The molecule has 1 aliphatic rings. The third-order valence-electron chi connectivity index (χ3n) is 3.51. The van der Waals surface area contributed by atoms with Crippen molar-refractivity contribution in [1.29, 1.82) is 0 Å². The summed E-state index contributed by atoms with van der Waals surface area (Å²) in [6.45, 7) is 9.30. The maximum Gasteiger partial charge on any atom is -0.00206 e. The minimum Gasteiger partial charge on any atom is -0.317 e. The third kappa shape index (κ3) is 2.48. The van der Waals surface area contributed by atoms with Crippen LogP contribution in [0.5, 0.6) is 0 Å². The number of rotatable bonds is 5. The molecule has 1 saturated carbocycles. The highest BCUT2D eigenvalue weighted by Gasteiger charge is 2.27. The molecule has 72 valence electrons. The highest BCUT2D eigenvalue weighted by Crippen LogP contribution is 2.36. The summed E-state index contributed by atoms with van der Waals surface area (Å²) in [6, 6.07) is 0. The zero-order valence-corrected chi connectivity index (χ0v) is 8.77. The molecule has 0 bridgehead atoms. The lowest BCUT2D eigenvalue weighted by Crippen LogP contribution is -2.31. The van der Waals surface area contributed by atoms with Gasteiger partial charge in [-0.15, -0.1) is 0 Å². The first-order chi connectivity index (χ1) is 5.75. The van der Waals surface area contributed by atoms with Gasteiger partial charge in [-0.25, -0.2) is 0 Å². The Bertz CT molecular complexity index is 118. The maximum atomic E-state index is 3.43. The van der Waals surface area contributed by atoms with Gasteiger partial charge in [-0.3, -0.25) is 0 Å². The predicted molar refractivity (Wildman–Crippen MR) is 54.2 cm³/mol. The molecule has 0 amide bonds. The van der Waals surface area contributed by atoms with Crippen LogP contribution in [-0.2, 0) is 0 Å². The first-order valence-electron chi connectivity index (χ1n) is 5.46. The lowest BCUT2D eigenvalue weighted by atomic mass is 9.72. The lowest BCUT2D eigenvalue weighted by molar-refractivity contribution is 0.166. The van der Waals surface area contributed by atoms with E-state index in [1.54, 1.807) is 0 Å². The Labute approximate surface area is 76.9 Å². The highest BCUT2D eigenvalue weighted by atomic mass is 14.8. The minimum atomic E-state index is 0.857. The number of hydrogen-bond acceptors (Lipinski definition) is 1. The standard InChI is InChI=1S/C11H23N/c1-4-12-8-9(2)10(3)11-6-5-7-11/h9-12H,4-8H2,1-3H3. The average molecular weight is 169 g/mol. The van der Waals surface area contributed by atoms with Gasteiger partial charge in [-0.1, -0.05) is 40.0 Å². The molecule has 1 fully saturated rings. The molecule has 1 rings (SSSR count). The van der Waals surface area contributed by atoms with Gasteiger partial charge in [0, 0.05) is 0 Å². The second-order valence-electron chi connectivity index (χ2n) is 4.34. The van der Waals surface area contributed by atoms with Crippen molar-refractivity contribution in [2.75, 3.05) is 13.1 Å². The molecular weight excluding hydrogens is 146 g/mol. The van der Waals surface area contributed by atoms with Gasteiger partial charge in [0.2, 0.25) is 0 Å². The first-order valence-corrected chi connectivity index (χ1v) is 5.46. The van der Waals surface area contributed by atoms with Gasteiger partial charge in [0.25, 0.3) is 0 Å². The summed E-state index contributed by atoms with van der Waals surface area (Å²) in [4.78, 5) is 0. The van der Waals surface area contributed by atoms with E-state index in [0.717, 1.165) is 24.3 Å². The summed E-state index contributed by atoms with van der Waals surface area (Å²) >= 11 is 0. The number of nitrogens with one attached hydrogen (secondary N) is 1. The van der Waals surface area contributed by atoms with E-state index in [-0.39, 0.29) is 0 Å². The second kappa shape index (κ2) is 4.86. The largest absolute Gasteiger partial charge is 0.317 e. The van der Waals surface area contributed by atoms with Crippen molar-refractivity contribution in [3.05, 3.63) is 0 Å². The van der Waals surface area contributed by atoms with Gasteiger partial charge in [0.1, 0.15) is 0 Å². The number of hydrogen-bond donors (Lipinski definition) is 1. The monoisotopic (exact) mass is 169 g/mol. The van der Waals surface area contributed by atoms with Gasteiger partial charge in [0.05, 0.1) is 0 Å². The van der Waals surface area contributed by atoms with Crippen molar-refractivity contribution in [1.82, 2.24) is 5.32 Å².